The molecule has 5 rings (SSSR count). The van der Waals surface area contributed by atoms with Gasteiger partial charge in [0.1, 0.15) is 5.82 Å². The van der Waals surface area contributed by atoms with Gasteiger partial charge in [-0.1, -0.05) is 56.3 Å². The average molecular weight is 450 g/mol. The summed E-state index contributed by atoms with van der Waals surface area (Å²) >= 11 is 0. The molecule has 0 bridgehead atoms. The van der Waals surface area contributed by atoms with E-state index in [4.69, 9.17) is 15.7 Å². The van der Waals surface area contributed by atoms with Crippen LogP contribution in [0.1, 0.15) is 60.1 Å². The Morgan fingerprint density at radius 3 is 2.41 bits per heavy atom. The summed E-state index contributed by atoms with van der Waals surface area (Å²) in [6, 6.07) is 24.9. The van der Waals surface area contributed by atoms with Crippen LogP contribution < -0.4 is 16.4 Å². The molecule has 0 amide bonds. The van der Waals surface area contributed by atoms with Gasteiger partial charge in [-0.25, -0.2) is 4.98 Å². The van der Waals surface area contributed by atoms with Crippen LogP contribution >= 0.6 is 0 Å². The minimum absolute atomic E-state index is 0.259. The van der Waals surface area contributed by atoms with E-state index in [-0.39, 0.29) is 5.92 Å². The molecule has 1 heterocycles. The van der Waals surface area contributed by atoms with Crippen molar-refractivity contribution in [3.8, 4) is 0 Å². The Hall–Kier alpha value is -3.86. The van der Waals surface area contributed by atoms with Gasteiger partial charge in [0, 0.05) is 28.5 Å². The summed E-state index contributed by atoms with van der Waals surface area (Å²) in [6.45, 7) is 6.57. The summed E-state index contributed by atoms with van der Waals surface area (Å²) in [7, 11) is 0. The summed E-state index contributed by atoms with van der Waals surface area (Å²) < 4.78 is 0. The second kappa shape index (κ2) is 9.18. The molecule has 0 aliphatic heterocycles. The van der Waals surface area contributed by atoms with Crippen molar-refractivity contribution in [3.63, 3.8) is 0 Å². The summed E-state index contributed by atoms with van der Waals surface area (Å²) in [5.74, 6) is 2.19. The van der Waals surface area contributed by atoms with Crippen molar-refractivity contribution >= 4 is 28.8 Å². The number of rotatable bonds is 6. The lowest BCUT2D eigenvalue weighted by Crippen LogP contribution is -2.08. The Bertz CT molecular complexity index is 1300. The van der Waals surface area contributed by atoms with Gasteiger partial charge in [-0.3, -0.25) is 0 Å². The Balaban J connectivity index is 1.57. The van der Waals surface area contributed by atoms with E-state index >= 15 is 0 Å². The van der Waals surface area contributed by atoms with Crippen molar-refractivity contribution in [2.24, 2.45) is 0 Å². The third-order valence-corrected chi connectivity index (χ3v) is 6.60. The highest BCUT2D eigenvalue weighted by Crippen LogP contribution is 2.41. The van der Waals surface area contributed by atoms with E-state index in [0.717, 1.165) is 41.4 Å². The first kappa shape index (κ1) is 22.0. The number of hydrogen-bond donors (Lipinski definition) is 3. The van der Waals surface area contributed by atoms with Gasteiger partial charge in [0.2, 0.25) is 5.95 Å². The fourth-order valence-corrected chi connectivity index (χ4v) is 4.59. The highest BCUT2D eigenvalue weighted by Gasteiger charge is 2.29. The van der Waals surface area contributed by atoms with Crippen molar-refractivity contribution < 1.29 is 0 Å². The molecule has 0 saturated heterocycles. The zero-order valence-electron chi connectivity index (χ0n) is 20.0. The smallest absolute Gasteiger partial charge is 0.229 e. The van der Waals surface area contributed by atoms with Gasteiger partial charge in [0.25, 0.3) is 0 Å². The van der Waals surface area contributed by atoms with Crippen LogP contribution in [0.2, 0.25) is 0 Å². The van der Waals surface area contributed by atoms with E-state index < -0.39 is 0 Å². The molecule has 3 aromatic carbocycles. The van der Waals surface area contributed by atoms with Crippen LogP contribution in [-0.4, -0.2) is 9.97 Å². The minimum Gasteiger partial charge on any atom is -0.399 e. The monoisotopic (exact) mass is 449 g/mol. The van der Waals surface area contributed by atoms with Crippen molar-refractivity contribution in [1.82, 2.24) is 9.97 Å². The molecule has 1 unspecified atom stereocenters. The summed E-state index contributed by atoms with van der Waals surface area (Å²) in [5, 5.41) is 7.05. The van der Waals surface area contributed by atoms with Gasteiger partial charge in [-0.2, -0.15) is 4.98 Å². The molecular formula is C29H31N5. The largest absolute Gasteiger partial charge is 0.399 e. The molecular weight excluding hydrogens is 418 g/mol. The molecule has 1 aromatic heterocycles. The Labute approximate surface area is 201 Å². The molecule has 5 heteroatoms. The molecule has 4 N–H and O–H groups in total. The van der Waals surface area contributed by atoms with Crippen LogP contribution in [0.3, 0.4) is 0 Å². The lowest BCUT2D eigenvalue weighted by molar-refractivity contribution is 0.772. The van der Waals surface area contributed by atoms with Gasteiger partial charge in [0.15, 0.2) is 0 Å². The maximum absolute atomic E-state index is 5.86. The zero-order valence-corrected chi connectivity index (χ0v) is 20.0. The number of nitrogens with two attached hydrogens (primary N) is 1. The summed E-state index contributed by atoms with van der Waals surface area (Å²) in [6.07, 6.45) is 1.97. The van der Waals surface area contributed by atoms with Crippen molar-refractivity contribution in [3.05, 3.63) is 101 Å². The lowest BCUT2D eigenvalue weighted by atomic mass is 9.97. The van der Waals surface area contributed by atoms with Crippen LogP contribution in [0.25, 0.3) is 0 Å². The highest BCUT2D eigenvalue weighted by molar-refractivity contribution is 5.68. The Kier molecular flexibility index (Phi) is 5.93. The predicted octanol–water partition coefficient (Wildman–Crippen LogP) is 7.06. The summed E-state index contributed by atoms with van der Waals surface area (Å²) in [4.78, 5) is 9.94. The topological polar surface area (TPSA) is 75.9 Å². The van der Waals surface area contributed by atoms with Gasteiger partial charge in [-0.05, 0) is 72.7 Å². The van der Waals surface area contributed by atoms with Crippen molar-refractivity contribution in [2.75, 3.05) is 16.4 Å². The first-order chi connectivity index (χ1) is 16.5. The number of nitrogens with zero attached hydrogens (tertiary/aromatic N) is 2. The highest BCUT2D eigenvalue weighted by atomic mass is 15.2. The zero-order chi connectivity index (χ0) is 23.7. The third-order valence-electron chi connectivity index (χ3n) is 6.60. The quantitative estimate of drug-likeness (QED) is 0.275. The number of aryl methyl sites for hydroxylation is 1. The number of fused-ring (bicyclic) bond motifs is 1. The molecule has 5 nitrogen and oxygen atoms in total. The molecule has 4 aromatic rings. The maximum atomic E-state index is 5.86. The SMILES string of the molecule is Cc1ccc(C(C)C)cc1Nc1nc(Nc2ccc(N)cc2)nc2c1CCC2c1ccccc1. The molecule has 1 aliphatic carbocycles. The first-order valence-corrected chi connectivity index (χ1v) is 11.9. The second-order valence-electron chi connectivity index (χ2n) is 9.36. The third kappa shape index (κ3) is 4.46. The number of anilines is 5. The van der Waals surface area contributed by atoms with E-state index in [9.17, 15) is 0 Å². The van der Waals surface area contributed by atoms with Crippen LogP contribution in [0, 0.1) is 6.92 Å². The summed E-state index contributed by atoms with van der Waals surface area (Å²) in [5.41, 5.74) is 14.7. The number of nitrogens with one attached hydrogen (secondary N) is 2. The lowest BCUT2D eigenvalue weighted by Gasteiger charge is -2.18. The standard InChI is InChI=1S/C29H31N5/c1-18(2)21-10-9-19(3)26(17-21)32-28-25-16-15-24(20-7-5-4-6-8-20)27(25)33-29(34-28)31-23-13-11-22(30)12-14-23/h4-14,17-18,24H,15-16,30H2,1-3H3,(H2,31,32,33,34). The molecule has 1 atom stereocenters. The van der Waals surface area contributed by atoms with Crippen LogP contribution in [0.4, 0.5) is 28.8 Å². The fourth-order valence-electron chi connectivity index (χ4n) is 4.59. The van der Waals surface area contributed by atoms with E-state index in [0.29, 0.717) is 11.9 Å². The first-order valence-electron chi connectivity index (χ1n) is 11.9. The van der Waals surface area contributed by atoms with Gasteiger partial charge < -0.3 is 16.4 Å². The van der Waals surface area contributed by atoms with E-state index in [1.807, 2.05) is 24.3 Å². The molecule has 1 aliphatic rings. The van der Waals surface area contributed by atoms with Crippen LogP contribution in [-0.2, 0) is 6.42 Å². The van der Waals surface area contributed by atoms with E-state index in [1.54, 1.807) is 0 Å². The fraction of sp³-hybridized carbons (Fsp3) is 0.241. The molecule has 0 radical (unpaired) electrons. The van der Waals surface area contributed by atoms with Gasteiger partial charge in [0.05, 0.1) is 5.69 Å². The normalized spacial score (nSPS) is 14.8. The minimum atomic E-state index is 0.259. The number of aromatic nitrogens is 2. The second-order valence-corrected chi connectivity index (χ2v) is 9.36. The van der Waals surface area contributed by atoms with Crippen LogP contribution in [0.15, 0.2) is 72.8 Å². The molecule has 0 fully saturated rings. The molecule has 0 spiro atoms. The predicted molar refractivity (Wildman–Crippen MR) is 141 cm³/mol. The van der Waals surface area contributed by atoms with Gasteiger partial charge >= 0.3 is 0 Å². The Morgan fingerprint density at radius 2 is 1.68 bits per heavy atom. The van der Waals surface area contributed by atoms with Crippen molar-refractivity contribution in [2.45, 2.75) is 45.4 Å². The van der Waals surface area contributed by atoms with E-state index in [1.165, 1.54) is 22.3 Å². The van der Waals surface area contributed by atoms with E-state index in [2.05, 4.69) is 79.9 Å². The number of nitrogen functional groups attached to an aromatic ring is 1. The average Bonchev–Trinajstić information content (AvgIpc) is 3.26. The number of hydrogen-bond acceptors (Lipinski definition) is 5. The molecule has 34 heavy (non-hydrogen) atoms. The van der Waals surface area contributed by atoms with Crippen LogP contribution in [0.5, 0.6) is 0 Å². The molecule has 0 saturated carbocycles. The van der Waals surface area contributed by atoms with Crippen molar-refractivity contribution in [1.29, 1.82) is 0 Å². The molecule has 172 valence electrons. The Morgan fingerprint density at radius 1 is 0.912 bits per heavy atom. The van der Waals surface area contributed by atoms with Gasteiger partial charge in [-0.15, -0.1) is 0 Å². The number of benzene rings is 3. The maximum Gasteiger partial charge on any atom is 0.229 e.